The summed E-state index contributed by atoms with van der Waals surface area (Å²) in [5, 5.41) is 1.24. The number of carbonyl (C=O) groups is 1. The summed E-state index contributed by atoms with van der Waals surface area (Å²) in [6.07, 6.45) is 4.30. The number of anilines is 1. The predicted molar refractivity (Wildman–Crippen MR) is 119 cm³/mol. The molecule has 1 unspecified atom stereocenters. The average molecular weight is 424 g/mol. The number of benzene rings is 1. The van der Waals surface area contributed by atoms with Gasteiger partial charge in [0.25, 0.3) is 11.7 Å². The van der Waals surface area contributed by atoms with Crippen LogP contribution in [0.3, 0.4) is 0 Å². The second kappa shape index (κ2) is 8.70. The highest BCUT2D eigenvalue weighted by atomic mass is 32.1. The number of nitrogens with zero attached hydrogens (tertiary/aromatic N) is 3. The van der Waals surface area contributed by atoms with Gasteiger partial charge in [0, 0.05) is 6.07 Å². The number of para-hydroxylation sites is 1. The van der Waals surface area contributed by atoms with E-state index >= 15 is 0 Å². The number of carbonyl (C=O) groups excluding carboxylic acids is 1. The smallest absolute Gasteiger partial charge is 0.278 e. The van der Waals surface area contributed by atoms with Crippen LogP contribution in [-0.4, -0.2) is 61.6 Å². The molecule has 1 amide bonds. The van der Waals surface area contributed by atoms with Crippen molar-refractivity contribution in [3.63, 3.8) is 0 Å². The first-order chi connectivity index (χ1) is 14.8. The fourth-order valence-electron chi connectivity index (χ4n) is 4.69. The summed E-state index contributed by atoms with van der Waals surface area (Å²) < 4.78 is 1.27. The van der Waals surface area contributed by atoms with Crippen molar-refractivity contribution in [3.05, 3.63) is 53.7 Å². The lowest BCUT2D eigenvalue weighted by Crippen LogP contribution is -3.14. The lowest BCUT2D eigenvalue weighted by atomic mass is 9.98. The van der Waals surface area contributed by atoms with Crippen molar-refractivity contribution in [3.8, 4) is 0 Å². The van der Waals surface area contributed by atoms with E-state index in [4.69, 9.17) is 4.98 Å². The summed E-state index contributed by atoms with van der Waals surface area (Å²) in [4.78, 5) is 26.9. The Bertz CT molecular complexity index is 966. The monoisotopic (exact) mass is 423 g/mol. The molecule has 3 aromatic rings. The molecule has 0 aliphatic carbocycles. The molecule has 0 radical (unpaired) electrons. The molecule has 0 saturated carbocycles. The molecule has 1 aromatic carbocycles. The van der Waals surface area contributed by atoms with Crippen molar-refractivity contribution < 1.29 is 14.7 Å². The number of fused-ring (bicyclic) bond motifs is 1. The van der Waals surface area contributed by atoms with Crippen LogP contribution in [0.4, 0.5) is 5.82 Å². The minimum Gasteiger partial charge on any atom is -0.330 e. The molecular weight excluding hydrogens is 394 g/mol. The highest BCUT2D eigenvalue weighted by molar-refractivity contribution is 7.18. The molecule has 7 heteroatoms. The third-order valence-electron chi connectivity index (χ3n) is 6.34. The van der Waals surface area contributed by atoms with Crippen molar-refractivity contribution in [1.29, 1.82) is 0 Å². The number of hydrogen-bond acceptors (Lipinski definition) is 4. The molecule has 2 aliphatic heterocycles. The number of piperidine rings is 1. The maximum absolute atomic E-state index is 13.0. The molecule has 2 aliphatic rings. The Morgan fingerprint density at radius 2 is 1.97 bits per heavy atom. The quantitative estimate of drug-likeness (QED) is 0.687. The minimum absolute atomic E-state index is 0.298. The van der Waals surface area contributed by atoms with E-state index in [0.29, 0.717) is 18.4 Å². The van der Waals surface area contributed by atoms with Crippen LogP contribution in [0.25, 0.3) is 10.2 Å². The van der Waals surface area contributed by atoms with Gasteiger partial charge in [0.2, 0.25) is 0 Å². The van der Waals surface area contributed by atoms with Crippen molar-refractivity contribution in [2.24, 2.45) is 0 Å². The third kappa shape index (κ3) is 4.18. The number of H-pyrrole nitrogens is 1. The molecular formula is C23H29N5OS+2. The lowest BCUT2D eigenvalue weighted by molar-refractivity contribution is -0.898. The molecule has 5 rings (SSSR count). The number of rotatable bonds is 4. The highest BCUT2D eigenvalue weighted by Crippen LogP contribution is 2.30. The van der Waals surface area contributed by atoms with Crippen LogP contribution < -0.4 is 14.8 Å². The number of hydrogen-bond donors (Lipinski definition) is 1. The van der Waals surface area contributed by atoms with Gasteiger partial charge in [-0.3, -0.25) is 9.69 Å². The van der Waals surface area contributed by atoms with Gasteiger partial charge < -0.3 is 9.80 Å². The second-order valence-corrected chi connectivity index (χ2v) is 9.42. The molecule has 2 N–H and O–H groups in total. The molecule has 4 heterocycles. The fourth-order valence-corrected chi connectivity index (χ4v) is 5.79. The molecule has 2 atom stereocenters. The van der Waals surface area contributed by atoms with E-state index in [2.05, 4.69) is 40.2 Å². The number of piperazine rings is 1. The van der Waals surface area contributed by atoms with Crippen LogP contribution in [-0.2, 0) is 4.79 Å². The third-order valence-corrected chi connectivity index (χ3v) is 7.54. The molecule has 2 aromatic heterocycles. The maximum atomic E-state index is 13.0. The number of likely N-dealkylation sites (tertiary alicyclic amines) is 1. The van der Waals surface area contributed by atoms with Crippen LogP contribution in [0.15, 0.2) is 48.7 Å². The summed E-state index contributed by atoms with van der Waals surface area (Å²) in [7, 11) is 0. The average Bonchev–Trinajstić information content (AvgIpc) is 3.24. The van der Waals surface area contributed by atoms with E-state index in [1.807, 2.05) is 34.6 Å². The molecule has 156 valence electrons. The summed E-state index contributed by atoms with van der Waals surface area (Å²) in [6.45, 7) is 6.09. The molecule has 2 saturated heterocycles. The Balaban J connectivity index is 1.16. The van der Waals surface area contributed by atoms with Gasteiger partial charge in [-0.25, -0.2) is 9.97 Å². The Morgan fingerprint density at radius 1 is 1.13 bits per heavy atom. The van der Waals surface area contributed by atoms with Crippen LogP contribution in [0, 0.1) is 0 Å². The van der Waals surface area contributed by atoms with Gasteiger partial charge in [-0.15, -0.1) is 11.3 Å². The molecule has 0 bridgehead atoms. The van der Waals surface area contributed by atoms with Crippen molar-refractivity contribution in [2.45, 2.75) is 18.8 Å². The summed E-state index contributed by atoms with van der Waals surface area (Å²) >= 11 is 1.82. The Labute approximate surface area is 181 Å². The molecule has 2 fully saturated rings. The zero-order chi connectivity index (χ0) is 20.3. The standard InChI is InChI=1S/C23H27N5OS/c29-22(28-14-12-27(13-15-28)21-9-3-4-10-24-21)17-26-11-5-6-18(16-26)23-25-19-7-1-2-8-20(19)30-23/h1-4,7-10,18H,5-6,11-17H2/p+2/t18-/m1/s1. The van der Waals surface area contributed by atoms with Crippen LogP contribution in [0.5, 0.6) is 0 Å². The van der Waals surface area contributed by atoms with Crippen molar-refractivity contribution in [2.75, 3.05) is 50.7 Å². The largest absolute Gasteiger partial charge is 0.330 e. The van der Waals surface area contributed by atoms with Crippen LogP contribution in [0.2, 0.25) is 0 Å². The number of aromatic nitrogens is 2. The first-order valence-corrected chi connectivity index (χ1v) is 11.8. The van der Waals surface area contributed by atoms with Gasteiger partial charge in [-0.05, 0) is 31.0 Å². The van der Waals surface area contributed by atoms with Gasteiger partial charge in [0.05, 0.1) is 48.5 Å². The number of amides is 1. The van der Waals surface area contributed by atoms with E-state index in [0.717, 1.165) is 50.6 Å². The number of pyridine rings is 1. The zero-order valence-corrected chi connectivity index (χ0v) is 18.0. The predicted octanol–water partition coefficient (Wildman–Crippen LogP) is 1.22. The van der Waals surface area contributed by atoms with Crippen molar-refractivity contribution >= 4 is 33.3 Å². The normalized spacial score (nSPS) is 22.4. The number of nitrogens with one attached hydrogen (secondary N) is 2. The SMILES string of the molecule is O=C(C[NH+]1CCC[C@@H](c2nc3ccccc3s2)C1)N1CCN(c2cccc[nH+]2)CC1. The fraction of sp³-hybridized carbons (Fsp3) is 0.435. The summed E-state index contributed by atoms with van der Waals surface area (Å²) in [5.74, 6) is 1.90. The van der Waals surface area contributed by atoms with Crippen LogP contribution in [0.1, 0.15) is 23.8 Å². The second-order valence-electron chi connectivity index (χ2n) is 8.36. The van der Waals surface area contributed by atoms with E-state index in [1.165, 1.54) is 27.4 Å². The first kappa shape index (κ1) is 19.5. The minimum atomic E-state index is 0.298. The van der Waals surface area contributed by atoms with Crippen molar-refractivity contribution in [1.82, 2.24) is 9.88 Å². The Kier molecular flexibility index (Phi) is 5.64. The van der Waals surface area contributed by atoms with Crippen LogP contribution >= 0.6 is 11.3 Å². The van der Waals surface area contributed by atoms with E-state index in [9.17, 15) is 4.79 Å². The molecule has 30 heavy (non-hydrogen) atoms. The number of quaternary nitrogens is 1. The highest BCUT2D eigenvalue weighted by Gasteiger charge is 2.31. The topological polar surface area (TPSA) is 55.0 Å². The first-order valence-electron chi connectivity index (χ1n) is 10.9. The summed E-state index contributed by atoms with van der Waals surface area (Å²) in [6, 6.07) is 14.5. The van der Waals surface area contributed by atoms with E-state index in [-0.39, 0.29) is 0 Å². The number of thiazole rings is 1. The van der Waals surface area contributed by atoms with Gasteiger partial charge in [0.1, 0.15) is 18.1 Å². The van der Waals surface area contributed by atoms with Gasteiger partial charge in [-0.2, -0.15) is 0 Å². The Hall–Kier alpha value is -2.51. The van der Waals surface area contributed by atoms with Gasteiger partial charge >= 0.3 is 0 Å². The summed E-state index contributed by atoms with van der Waals surface area (Å²) in [5.41, 5.74) is 1.11. The van der Waals surface area contributed by atoms with Gasteiger partial charge in [0.15, 0.2) is 6.54 Å². The maximum Gasteiger partial charge on any atom is 0.278 e. The molecule has 6 nitrogen and oxygen atoms in total. The lowest BCUT2D eigenvalue weighted by Gasteiger charge is -2.33. The Morgan fingerprint density at radius 3 is 2.77 bits per heavy atom. The van der Waals surface area contributed by atoms with E-state index < -0.39 is 0 Å². The zero-order valence-electron chi connectivity index (χ0n) is 17.2. The number of aromatic amines is 1. The molecule has 0 spiro atoms. The van der Waals surface area contributed by atoms with E-state index in [1.54, 1.807) is 0 Å². The van der Waals surface area contributed by atoms with Gasteiger partial charge in [-0.1, -0.05) is 18.2 Å².